The predicted molar refractivity (Wildman–Crippen MR) is 94.4 cm³/mol. The number of carbonyl (C=O) groups excluding carboxylic acids is 1. The van der Waals surface area contributed by atoms with Gasteiger partial charge in [-0.2, -0.15) is 0 Å². The number of nitrogens with zero attached hydrogens (tertiary/aromatic N) is 2. The molecule has 1 aliphatic heterocycles. The van der Waals surface area contributed by atoms with Gasteiger partial charge >= 0.3 is 0 Å². The van der Waals surface area contributed by atoms with E-state index in [9.17, 15) is 9.90 Å². The number of hydrogen-bond acceptors (Lipinski definition) is 5. The molecule has 1 atom stereocenters. The minimum absolute atomic E-state index is 0.130. The van der Waals surface area contributed by atoms with Crippen molar-refractivity contribution in [2.45, 2.75) is 33.2 Å². The van der Waals surface area contributed by atoms with Crippen LogP contribution in [0.1, 0.15) is 40.7 Å². The van der Waals surface area contributed by atoms with Gasteiger partial charge in [0.05, 0.1) is 12.2 Å². The zero-order valence-corrected chi connectivity index (χ0v) is 14.8. The van der Waals surface area contributed by atoms with Crippen molar-refractivity contribution in [3.8, 4) is 5.75 Å². The number of carbonyl (C=O) groups is 1. The second-order valence-electron chi connectivity index (χ2n) is 6.69. The molecular weight excluding hydrogens is 318 g/mol. The molecule has 2 N–H and O–H groups in total. The molecule has 25 heavy (non-hydrogen) atoms. The van der Waals surface area contributed by atoms with E-state index >= 15 is 0 Å². The fourth-order valence-electron chi connectivity index (χ4n) is 3.24. The lowest BCUT2D eigenvalue weighted by Crippen LogP contribution is -2.31. The molecular formula is C19H25N3O3. The van der Waals surface area contributed by atoms with Crippen LogP contribution in [0.15, 0.2) is 28.8 Å². The molecule has 1 amide bonds. The Hall–Kier alpha value is -2.34. The van der Waals surface area contributed by atoms with Crippen molar-refractivity contribution >= 4 is 5.91 Å². The molecule has 2 heterocycles. The number of likely N-dealkylation sites (tertiary alicyclic amines) is 1. The van der Waals surface area contributed by atoms with Gasteiger partial charge in [0.1, 0.15) is 5.75 Å². The molecule has 134 valence electrons. The summed E-state index contributed by atoms with van der Waals surface area (Å²) in [4.78, 5) is 14.7. The van der Waals surface area contributed by atoms with E-state index in [4.69, 9.17) is 4.52 Å². The summed E-state index contributed by atoms with van der Waals surface area (Å²) in [6.07, 6.45) is 1.93. The zero-order chi connectivity index (χ0) is 17.8. The Morgan fingerprint density at radius 2 is 2.32 bits per heavy atom. The van der Waals surface area contributed by atoms with Gasteiger partial charge in [-0.05, 0) is 44.4 Å². The SMILES string of the molecule is CCc1cc(CN2CCC(CNC(=O)c3cccc(O)c3C)C2)on1. The number of rotatable bonds is 6. The number of phenolic OH excluding ortho intramolecular Hbond substituents is 1. The molecule has 6 nitrogen and oxygen atoms in total. The number of amides is 1. The summed E-state index contributed by atoms with van der Waals surface area (Å²) in [5, 5.41) is 16.7. The molecule has 1 saturated heterocycles. The van der Waals surface area contributed by atoms with Gasteiger partial charge in [-0.1, -0.05) is 18.1 Å². The maximum Gasteiger partial charge on any atom is 0.251 e. The monoisotopic (exact) mass is 343 g/mol. The van der Waals surface area contributed by atoms with Crippen molar-refractivity contribution in [1.29, 1.82) is 0 Å². The van der Waals surface area contributed by atoms with E-state index < -0.39 is 0 Å². The molecule has 0 radical (unpaired) electrons. The average molecular weight is 343 g/mol. The Morgan fingerprint density at radius 3 is 3.08 bits per heavy atom. The Morgan fingerprint density at radius 1 is 1.48 bits per heavy atom. The lowest BCUT2D eigenvalue weighted by atomic mass is 10.1. The Balaban J connectivity index is 1.48. The van der Waals surface area contributed by atoms with Gasteiger partial charge in [0.25, 0.3) is 5.91 Å². The van der Waals surface area contributed by atoms with Crippen LogP contribution in [0.25, 0.3) is 0 Å². The van der Waals surface area contributed by atoms with E-state index in [1.165, 1.54) is 0 Å². The van der Waals surface area contributed by atoms with E-state index in [2.05, 4.69) is 22.3 Å². The normalized spacial score (nSPS) is 17.8. The second-order valence-corrected chi connectivity index (χ2v) is 6.69. The van der Waals surface area contributed by atoms with Crippen molar-refractivity contribution in [2.75, 3.05) is 19.6 Å². The fraction of sp³-hybridized carbons (Fsp3) is 0.474. The Labute approximate surface area is 147 Å². The summed E-state index contributed by atoms with van der Waals surface area (Å²) in [6, 6.07) is 7.03. The van der Waals surface area contributed by atoms with Gasteiger partial charge in [-0.25, -0.2) is 0 Å². The van der Waals surface area contributed by atoms with Crippen molar-refractivity contribution in [3.63, 3.8) is 0 Å². The number of hydrogen-bond donors (Lipinski definition) is 2. The number of aromatic nitrogens is 1. The van der Waals surface area contributed by atoms with E-state index in [0.29, 0.717) is 23.6 Å². The Bertz CT molecular complexity index is 741. The van der Waals surface area contributed by atoms with Gasteiger partial charge in [0.2, 0.25) is 0 Å². The number of phenols is 1. The number of aromatic hydroxyl groups is 1. The summed E-state index contributed by atoms with van der Waals surface area (Å²) in [5.74, 6) is 1.35. The number of aryl methyl sites for hydroxylation is 1. The third-order valence-corrected chi connectivity index (χ3v) is 4.82. The van der Waals surface area contributed by atoms with Crippen LogP contribution >= 0.6 is 0 Å². The van der Waals surface area contributed by atoms with Crippen LogP contribution in [0.5, 0.6) is 5.75 Å². The summed E-state index contributed by atoms with van der Waals surface area (Å²) < 4.78 is 5.35. The third-order valence-electron chi connectivity index (χ3n) is 4.82. The first-order valence-electron chi connectivity index (χ1n) is 8.80. The van der Waals surface area contributed by atoms with Crippen LogP contribution in [-0.2, 0) is 13.0 Å². The van der Waals surface area contributed by atoms with Gasteiger partial charge in [0.15, 0.2) is 5.76 Å². The van der Waals surface area contributed by atoms with Crippen molar-refractivity contribution in [2.24, 2.45) is 5.92 Å². The van der Waals surface area contributed by atoms with E-state index in [0.717, 1.165) is 43.9 Å². The quantitative estimate of drug-likeness (QED) is 0.842. The molecule has 0 saturated carbocycles. The van der Waals surface area contributed by atoms with Crippen LogP contribution in [0.4, 0.5) is 0 Å². The average Bonchev–Trinajstić information content (AvgIpc) is 3.25. The van der Waals surface area contributed by atoms with Gasteiger partial charge < -0.3 is 14.9 Å². The molecule has 3 rings (SSSR count). The minimum atomic E-state index is -0.130. The molecule has 2 aromatic rings. The summed E-state index contributed by atoms with van der Waals surface area (Å²) >= 11 is 0. The molecule has 6 heteroatoms. The lowest BCUT2D eigenvalue weighted by molar-refractivity contribution is 0.0946. The highest BCUT2D eigenvalue weighted by molar-refractivity contribution is 5.96. The molecule has 0 bridgehead atoms. The van der Waals surface area contributed by atoms with Crippen LogP contribution in [0.2, 0.25) is 0 Å². The fourth-order valence-corrected chi connectivity index (χ4v) is 3.24. The van der Waals surface area contributed by atoms with E-state index in [1.54, 1.807) is 25.1 Å². The molecule has 0 aliphatic carbocycles. The maximum atomic E-state index is 12.3. The highest BCUT2D eigenvalue weighted by Gasteiger charge is 2.24. The number of benzene rings is 1. The smallest absolute Gasteiger partial charge is 0.251 e. The summed E-state index contributed by atoms with van der Waals surface area (Å²) in [5.41, 5.74) is 2.13. The highest BCUT2D eigenvalue weighted by atomic mass is 16.5. The van der Waals surface area contributed by atoms with Crippen LogP contribution in [-0.4, -0.2) is 40.7 Å². The molecule has 0 spiro atoms. The highest BCUT2D eigenvalue weighted by Crippen LogP contribution is 2.21. The van der Waals surface area contributed by atoms with Crippen LogP contribution < -0.4 is 5.32 Å². The summed E-state index contributed by atoms with van der Waals surface area (Å²) in [6.45, 7) is 7.15. The Kier molecular flexibility index (Phi) is 5.38. The zero-order valence-electron chi connectivity index (χ0n) is 14.8. The van der Waals surface area contributed by atoms with E-state index in [1.807, 2.05) is 6.07 Å². The van der Waals surface area contributed by atoms with Gasteiger partial charge in [-0.15, -0.1) is 0 Å². The standard InChI is InChI=1S/C19H25N3O3/c1-3-15-9-16(25-21-15)12-22-8-7-14(11-22)10-20-19(24)17-5-4-6-18(23)13(17)2/h4-6,9,14,23H,3,7-8,10-12H2,1-2H3,(H,20,24). The first-order chi connectivity index (χ1) is 12.1. The predicted octanol–water partition coefficient (Wildman–Crippen LogP) is 2.50. The van der Waals surface area contributed by atoms with E-state index in [-0.39, 0.29) is 11.7 Å². The third kappa shape index (κ3) is 4.20. The van der Waals surface area contributed by atoms with Crippen molar-refractivity contribution in [3.05, 3.63) is 46.8 Å². The lowest BCUT2D eigenvalue weighted by Gasteiger charge is -2.15. The second kappa shape index (κ2) is 7.70. The van der Waals surface area contributed by atoms with Crippen LogP contribution in [0.3, 0.4) is 0 Å². The molecule has 1 aromatic carbocycles. The molecule has 1 unspecified atom stereocenters. The number of nitrogens with one attached hydrogen (secondary N) is 1. The van der Waals surface area contributed by atoms with Crippen LogP contribution in [0, 0.1) is 12.8 Å². The molecule has 1 aromatic heterocycles. The first-order valence-corrected chi connectivity index (χ1v) is 8.80. The van der Waals surface area contributed by atoms with Gasteiger partial charge in [-0.3, -0.25) is 9.69 Å². The topological polar surface area (TPSA) is 78.6 Å². The van der Waals surface area contributed by atoms with Gasteiger partial charge in [0, 0.05) is 30.3 Å². The van der Waals surface area contributed by atoms with Crippen molar-refractivity contribution in [1.82, 2.24) is 15.4 Å². The van der Waals surface area contributed by atoms with Crippen molar-refractivity contribution < 1.29 is 14.4 Å². The maximum absolute atomic E-state index is 12.3. The largest absolute Gasteiger partial charge is 0.508 e. The molecule has 1 fully saturated rings. The minimum Gasteiger partial charge on any atom is -0.508 e. The summed E-state index contributed by atoms with van der Waals surface area (Å²) in [7, 11) is 0. The molecule has 1 aliphatic rings. The first kappa shape index (κ1) is 17.5.